The number of fused-ring (bicyclic) bond motifs is 1. The zero-order valence-corrected chi connectivity index (χ0v) is 14.4. The van der Waals surface area contributed by atoms with E-state index in [2.05, 4.69) is 10.1 Å². The minimum absolute atomic E-state index is 0.223. The van der Waals surface area contributed by atoms with E-state index in [1.54, 1.807) is 4.52 Å². The molecule has 0 saturated heterocycles. The predicted octanol–water partition coefficient (Wildman–Crippen LogP) is -0.782. The summed E-state index contributed by atoms with van der Waals surface area (Å²) in [6.07, 6.45) is 1.86. The molecule has 0 unspecified atom stereocenters. The van der Waals surface area contributed by atoms with Gasteiger partial charge in [-0.15, -0.1) is 0 Å². The van der Waals surface area contributed by atoms with Crippen LogP contribution in [0, 0.1) is 42.8 Å². The van der Waals surface area contributed by atoms with Gasteiger partial charge in [-0.2, -0.15) is 0 Å². The second-order valence-electron chi connectivity index (χ2n) is 2.39. The fraction of sp³-hybridized carbons (Fsp3) is 0. The summed E-state index contributed by atoms with van der Waals surface area (Å²) in [5.74, 6) is 0. The van der Waals surface area contributed by atoms with Crippen LogP contribution in [-0.2, 0) is 0 Å². The third kappa shape index (κ3) is 1.28. The van der Waals surface area contributed by atoms with Crippen LogP contribution in [0.25, 0.3) is 5.65 Å². The van der Waals surface area contributed by atoms with E-state index in [-0.39, 0.29) is 42.8 Å². The molecular weight excluding hydrogens is 354 g/mol. The number of pyridine rings is 1. The van der Waals surface area contributed by atoms with Crippen LogP contribution in [0.3, 0.4) is 0 Å². The maximum absolute atomic E-state index is 5.67. The average Bonchev–Trinajstić information content (AvgIpc) is 2.31. The number of nitrogens with zero attached hydrogens (tertiary/aromatic N) is 3. The molecule has 0 bridgehead atoms. The number of aromatic nitrogens is 3. The van der Waals surface area contributed by atoms with Crippen molar-refractivity contribution in [3.63, 3.8) is 0 Å². The molecule has 0 saturated carbocycles. The maximum atomic E-state index is 5.67. The van der Waals surface area contributed by atoms with Crippen molar-refractivity contribution in [2.75, 3.05) is 5.73 Å². The summed E-state index contributed by atoms with van der Waals surface area (Å²) in [7, 11) is 0. The average molecular weight is 360 g/mol. The molecule has 5 heteroatoms. The first-order valence-corrected chi connectivity index (χ1v) is 7.46. The molecule has 11 heavy (non-hydrogen) atoms. The third-order valence-electron chi connectivity index (χ3n) is 1.50. The molecule has 2 aromatic rings. The van der Waals surface area contributed by atoms with Crippen molar-refractivity contribution in [1.29, 1.82) is 0 Å². The fourth-order valence-electron chi connectivity index (χ4n) is 1.03. The molecular formula is C6H6N4Ra. The monoisotopic (exact) mass is 360 g/mol. The van der Waals surface area contributed by atoms with Crippen molar-refractivity contribution in [2.24, 2.45) is 0 Å². The molecule has 2 N–H and O–H groups in total. The molecule has 2 heterocycles. The molecule has 52 valence electrons. The van der Waals surface area contributed by atoms with Crippen LogP contribution in [0.1, 0.15) is 0 Å². The van der Waals surface area contributed by atoms with E-state index in [1.807, 2.05) is 18.3 Å². The number of nitrogen functional groups attached to an aromatic ring is 1. The second kappa shape index (κ2) is 2.74. The van der Waals surface area contributed by atoms with Gasteiger partial charge in [0, 0.05) is 0 Å². The van der Waals surface area contributed by atoms with E-state index in [4.69, 9.17) is 5.73 Å². The summed E-state index contributed by atoms with van der Waals surface area (Å²) in [5, 5.41) is 4.20. The van der Waals surface area contributed by atoms with Crippen molar-refractivity contribution in [3.8, 4) is 0 Å². The first kappa shape index (κ1) is 7.53. The Bertz CT molecular complexity index is 394. The summed E-state index contributed by atoms with van der Waals surface area (Å²) in [5.41, 5.74) is 7.15. The number of nitrogens with two attached hydrogens (primary N) is 1. The SMILES string of the molecule is Nc1cccn2n[c]([RaH])nc12. The van der Waals surface area contributed by atoms with Crippen LogP contribution < -0.4 is 6.60 Å². The third-order valence-corrected chi connectivity index (χ3v) is 3.24. The number of hydrogen-bond acceptors (Lipinski definition) is 3. The van der Waals surface area contributed by atoms with Gasteiger partial charge in [0.2, 0.25) is 0 Å². The molecule has 0 aromatic carbocycles. The standard InChI is InChI=1S/C6H5N4.Ra.H/c7-5-2-1-3-10-6(5)8-4-9-10;;/h1-3H,7H2;;. The van der Waals surface area contributed by atoms with Gasteiger partial charge in [-0.3, -0.25) is 0 Å². The number of hydrogen-bond donors (Lipinski definition) is 1. The molecule has 0 atom stereocenters. The van der Waals surface area contributed by atoms with Crippen LogP contribution in [0.2, 0.25) is 0 Å². The van der Waals surface area contributed by atoms with Crippen molar-refractivity contribution in [2.45, 2.75) is 0 Å². The van der Waals surface area contributed by atoms with Crippen LogP contribution in [0.5, 0.6) is 0 Å². The summed E-state index contributed by atoms with van der Waals surface area (Å²) in [6, 6.07) is 3.70. The first-order chi connectivity index (χ1) is 5.27. The van der Waals surface area contributed by atoms with Crippen molar-refractivity contribution >= 4 is 12.2 Å². The van der Waals surface area contributed by atoms with Crippen LogP contribution >= 0.6 is 0 Å². The van der Waals surface area contributed by atoms with Crippen molar-refractivity contribution < 1.29 is 42.8 Å². The van der Waals surface area contributed by atoms with E-state index in [9.17, 15) is 0 Å². The van der Waals surface area contributed by atoms with Gasteiger partial charge in [-0.25, -0.2) is 0 Å². The van der Waals surface area contributed by atoms with Gasteiger partial charge in [0.25, 0.3) is 0 Å². The Morgan fingerprint density at radius 3 is 3.09 bits per heavy atom. The van der Waals surface area contributed by atoms with Crippen LogP contribution in [-0.4, -0.2) is 14.6 Å². The zero-order chi connectivity index (χ0) is 7.84. The van der Waals surface area contributed by atoms with Crippen molar-refractivity contribution in [1.82, 2.24) is 14.6 Å². The van der Waals surface area contributed by atoms with Gasteiger partial charge in [0.1, 0.15) is 0 Å². The van der Waals surface area contributed by atoms with E-state index >= 15 is 0 Å². The quantitative estimate of drug-likeness (QED) is 0.671. The Morgan fingerprint density at radius 2 is 2.36 bits per heavy atom. The summed E-state index contributed by atoms with van der Waals surface area (Å²) in [4.78, 5) is 4.24. The normalized spacial score (nSPS) is 10.5. The zero-order valence-electron chi connectivity index (χ0n) is 6.15. The van der Waals surface area contributed by atoms with E-state index in [1.165, 1.54) is 0 Å². The van der Waals surface area contributed by atoms with Gasteiger partial charge < -0.3 is 0 Å². The predicted molar refractivity (Wildman–Crippen MR) is 38.4 cm³/mol. The summed E-state index contributed by atoms with van der Waals surface area (Å²) >= 11 is 0.223. The fourth-order valence-corrected chi connectivity index (χ4v) is 2.79. The number of rotatable bonds is 0. The Hall–Kier alpha value is -0.112. The van der Waals surface area contributed by atoms with E-state index < -0.39 is 0 Å². The first-order valence-electron chi connectivity index (χ1n) is 3.35. The Balaban J connectivity index is 2.90. The molecule has 0 amide bonds. The molecule has 0 aliphatic rings. The Morgan fingerprint density at radius 1 is 1.55 bits per heavy atom. The van der Waals surface area contributed by atoms with Gasteiger partial charge in [0.05, 0.1) is 0 Å². The molecule has 0 spiro atoms. The summed E-state index contributed by atoms with van der Waals surface area (Å²) < 4.78 is 2.70. The van der Waals surface area contributed by atoms with Gasteiger partial charge in [-0.1, -0.05) is 0 Å². The molecule has 0 fully saturated rings. The van der Waals surface area contributed by atoms with E-state index in [0.29, 0.717) is 5.69 Å². The molecule has 0 aliphatic carbocycles. The molecule has 0 radical (unpaired) electrons. The molecule has 2 aromatic heterocycles. The van der Waals surface area contributed by atoms with Gasteiger partial charge >= 0.3 is 93.7 Å². The molecule has 2 rings (SSSR count). The Labute approximate surface area is 92.6 Å². The molecule has 0 aliphatic heterocycles. The van der Waals surface area contributed by atoms with Crippen molar-refractivity contribution in [3.05, 3.63) is 18.3 Å². The van der Waals surface area contributed by atoms with Crippen LogP contribution in [0.15, 0.2) is 18.3 Å². The summed E-state index contributed by atoms with van der Waals surface area (Å²) in [6.45, 7) is 0. The Kier molecular flexibility index (Phi) is 1.88. The van der Waals surface area contributed by atoms with Crippen LogP contribution in [0.4, 0.5) is 5.69 Å². The topological polar surface area (TPSA) is 56.2 Å². The molecule has 4 nitrogen and oxygen atoms in total. The van der Waals surface area contributed by atoms with Gasteiger partial charge in [-0.05, 0) is 0 Å². The van der Waals surface area contributed by atoms with Gasteiger partial charge in [0.15, 0.2) is 0 Å². The van der Waals surface area contributed by atoms with E-state index in [0.717, 1.165) is 6.51 Å². The minimum atomic E-state index is 0.223. The number of anilines is 1. The second-order valence-corrected chi connectivity index (χ2v) is 6.07.